The van der Waals surface area contributed by atoms with Crippen LogP contribution in [0.2, 0.25) is 0 Å². The minimum absolute atomic E-state index is 0.216. The Kier molecular flexibility index (Phi) is 2.51. The maximum atomic E-state index is 13.5. The number of aromatic nitrogens is 1. The zero-order chi connectivity index (χ0) is 10.8. The smallest absolute Gasteiger partial charge is 0.208 e. The second-order valence-electron chi connectivity index (χ2n) is 3.31. The summed E-state index contributed by atoms with van der Waals surface area (Å²) in [5, 5.41) is 0. The second-order valence-corrected chi connectivity index (χ2v) is 3.31. The van der Waals surface area contributed by atoms with Gasteiger partial charge < -0.3 is 10.2 Å². The molecule has 0 aliphatic heterocycles. The zero-order valence-corrected chi connectivity index (χ0v) is 8.33. The van der Waals surface area contributed by atoms with Crippen molar-refractivity contribution in [3.8, 4) is 11.3 Å². The fraction of sp³-hybridized carbons (Fsp3) is 0.182. The Bertz CT molecular complexity index is 479. The number of nitrogens with zero attached hydrogens (tertiary/aromatic N) is 1. The molecule has 2 aromatic rings. The molecule has 0 fully saturated rings. The van der Waals surface area contributed by atoms with E-state index in [0.717, 1.165) is 5.56 Å². The lowest BCUT2D eigenvalue weighted by molar-refractivity contribution is 0.505. The van der Waals surface area contributed by atoms with Gasteiger partial charge in [0, 0.05) is 0 Å². The number of halogens is 1. The fourth-order valence-electron chi connectivity index (χ4n) is 1.35. The van der Waals surface area contributed by atoms with Crippen LogP contribution in [0.4, 0.5) is 4.39 Å². The molecule has 1 aromatic heterocycles. The summed E-state index contributed by atoms with van der Waals surface area (Å²) in [5.74, 6) is 0.507. The molecule has 0 atom stereocenters. The van der Waals surface area contributed by atoms with Crippen LogP contribution in [0.25, 0.3) is 11.3 Å². The standard InChI is InChI=1S/C11H11FN2O/c1-7-2-3-8(9(12)4-7)10-6-14-11(5-13)15-10/h2-4,6H,5,13H2,1H3. The second kappa shape index (κ2) is 3.82. The fourth-order valence-corrected chi connectivity index (χ4v) is 1.35. The highest BCUT2D eigenvalue weighted by Gasteiger charge is 2.09. The molecule has 1 heterocycles. The number of hydrogen-bond acceptors (Lipinski definition) is 3. The van der Waals surface area contributed by atoms with Crippen molar-refractivity contribution in [1.29, 1.82) is 0 Å². The molecular weight excluding hydrogens is 195 g/mol. The van der Waals surface area contributed by atoms with Gasteiger partial charge in [-0.05, 0) is 24.6 Å². The normalized spacial score (nSPS) is 10.6. The Morgan fingerprint density at radius 3 is 2.87 bits per heavy atom. The van der Waals surface area contributed by atoms with Crippen molar-refractivity contribution in [3.05, 3.63) is 41.7 Å². The van der Waals surface area contributed by atoms with Crippen LogP contribution < -0.4 is 5.73 Å². The molecule has 15 heavy (non-hydrogen) atoms. The molecule has 0 saturated heterocycles. The Hall–Kier alpha value is -1.68. The summed E-state index contributed by atoms with van der Waals surface area (Å²) in [4.78, 5) is 3.92. The lowest BCUT2D eigenvalue weighted by Gasteiger charge is -1.99. The van der Waals surface area contributed by atoms with Gasteiger partial charge in [0.15, 0.2) is 5.76 Å². The highest BCUT2D eigenvalue weighted by atomic mass is 19.1. The van der Waals surface area contributed by atoms with E-state index in [-0.39, 0.29) is 12.4 Å². The number of hydrogen-bond donors (Lipinski definition) is 1. The molecule has 2 N–H and O–H groups in total. The first-order valence-corrected chi connectivity index (χ1v) is 4.62. The topological polar surface area (TPSA) is 52.0 Å². The van der Waals surface area contributed by atoms with Crippen molar-refractivity contribution in [2.45, 2.75) is 13.5 Å². The molecule has 0 aliphatic rings. The van der Waals surface area contributed by atoms with Crippen LogP contribution in [0.15, 0.2) is 28.8 Å². The van der Waals surface area contributed by atoms with Gasteiger partial charge in [-0.1, -0.05) is 6.07 Å². The monoisotopic (exact) mass is 206 g/mol. The van der Waals surface area contributed by atoms with E-state index >= 15 is 0 Å². The Balaban J connectivity index is 2.44. The van der Waals surface area contributed by atoms with Crippen LogP contribution in [0.3, 0.4) is 0 Å². The molecule has 0 unspecified atom stereocenters. The minimum Gasteiger partial charge on any atom is -0.439 e. The number of rotatable bonds is 2. The maximum Gasteiger partial charge on any atom is 0.208 e. The third kappa shape index (κ3) is 1.89. The summed E-state index contributed by atoms with van der Waals surface area (Å²) < 4.78 is 18.8. The molecule has 78 valence electrons. The average Bonchev–Trinajstić information content (AvgIpc) is 2.66. The molecule has 2 rings (SSSR count). The van der Waals surface area contributed by atoms with Gasteiger partial charge in [0.2, 0.25) is 5.89 Å². The predicted octanol–water partition coefficient (Wildman–Crippen LogP) is 2.25. The summed E-state index contributed by atoms with van der Waals surface area (Å²) in [7, 11) is 0. The lowest BCUT2D eigenvalue weighted by Crippen LogP contribution is -1.94. The number of aryl methyl sites for hydroxylation is 1. The number of benzene rings is 1. The molecular formula is C11H11FN2O. The molecule has 0 radical (unpaired) electrons. The van der Waals surface area contributed by atoms with Crippen molar-refractivity contribution in [3.63, 3.8) is 0 Å². The van der Waals surface area contributed by atoms with Crippen molar-refractivity contribution >= 4 is 0 Å². The van der Waals surface area contributed by atoms with Crippen molar-refractivity contribution < 1.29 is 8.81 Å². The Morgan fingerprint density at radius 2 is 2.27 bits per heavy atom. The number of nitrogens with two attached hydrogens (primary N) is 1. The van der Waals surface area contributed by atoms with Gasteiger partial charge in [-0.2, -0.15) is 0 Å². The molecule has 0 amide bonds. The Labute approximate surface area is 86.7 Å². The van der Waals surface area contributed by atoms with E-state index < -0.39 is 0 Å². The highest BCUT2D eigenvalue weighted by Crippen LogP contribution is 2.24. The van der Waals surface area contributed by atoms with E-state index in [4.69, 9.17) is 10.2 Å². The number of oxazole rings is 1. The van der Waals surface area contributed by atoms with Crippen LogP contribution in [0.5, 0.6) is 0 Å². The first kappa shape index (κ1) is 9.86. The first-order chi connectivity index (χ1) is 7.20. The van der Waals surface area contributed by atoms with Crippen LogP contribution in [-0.2, 0) is 6.54 Å². The van der Waals surface area contributed by atoms with Gasteiger partial charge in [-0.3, -0.25) is 0 Å². The third-order valence-electron chi connectivity index (χ3n) is 2.12. The molecule has 0 bridgehead atoms. The van der Waals surface area contributed by atoms with Crippen molar-refractivity contribution in [2.75, 3.05) is 0 Å². The van der Waals surface area contributed by atoms with Crippen LogP contribution in [-0.4, -0.2) is 4.98 Å². The largest absolute Gasteiger partial charge is 0.439 e. The van der Waals surface area contributed by atoms with Crippen molar-refractivity contribution in [2.24, 2.45) is 5.73 Å². The zero-order valence-electron chi connectivity index (χ0n) is 8.33. The van der Waals surface area contributed by atoms with Gasteiger partial charge in [0.05, 0.1) is 18.3 Å². The maximum absolute atomic E-state index is 13.5. The van der Waals surface area contributed by atoms with Gasteiger partial charge >= 0.3 is 0 Å². The van der Waals surface area contributed by atoms with Crippen LogP contribution in [0.1, 0.15) is 11.5 Å². The van der Waals surface area contributed by atoms with E-state index in [2.05, 4.69) is 4.98 Å². The van der Waals surface area contributed by atoms with Gasteiger partial charge in [-0.15, -0.1) is 0 Å². The summed E-state index contributed by atoms with van der Waals surface area (Å²) >= 11 is 0. The summed E-state index contributed by atoms with van der Waals surface area (Å²) in [5.41, 5.74) is 6.63. The highest BCUT2D eigenvalue weighted by molar-refractivity contribution is 5.57. The van der Waals surface area contributed by atoms with Gasteiger partial charge in [-0.25, -0.2) is 9.37 Å². The molecule has 0 aliphatic carbocycles. The SMILES string of the molecule is Cc1ccc(-c2cnc(CN)o2)c(F)c1. The Morgan fingerprint density at radius 1 is 1.47 bits per heavy atom. The van der Waals surface area contributed by atoms with E-state index in [1.54, 1.807) is 6.07 Å². The third-order valence-corrected chi connectivity index (χ3v) is 2.12. The quantitative estimate of drug-likeness (QED) is 0.819. The first-order valence-electron chi connectivity index (χ1n) is 4.62. The molecule has 3 nitrogen and oxygen atoms in total. The molecule has 0 saturated carbocycles. The van der Waals surface area contributed by atoms with E-state index in [1.807, 2.05) is 13.0 Å². The lowest BCUT2D eigenvalue weighted by atomic mass is 10.1. The summed E-state index contributed by atoms with van der Waals surface area (Å²) in [6, 6.07) is 4.95. The predicted molar refractivity (Wildman–Crippen MR) is 54.5 cm³/mol. The van der Waals surface area contributed by atoms with Crippen molar-refractivity contribution in [1.82, 2.24) is 4.98 Å². The average molecular weight is 206 g/mol. The summed E-state index contributed by atoms with van der Waals surface area (Å²) in [6.45, 7) is 2.05. The van der Waals surface area contributed by atoms with Crippen LogP contribution >= 0.6 is 0 Å². The van der Waals surface area contributed by atoms with Crippen LogP contribution in [0, 0.1) is 12.7 Å². The van der Waals surface area contributed by atoms with E-state index in [9.17, 15) is 4.39 Å². The molecule has 0 spiro atoms. The van der Waals surface area contributed by atoms with Gasteiger partial charge in [0.1, 0.15) is 5.82 Å². The minimum atomic E-state index is -0.310. The summed E-state index contributed by atoms with van der Waals surface area (Å²) in [6.07, 6.45) is 1.48. The van der Waals surface area contributed by atoms with E-state index in [1.165, 1.54) is 12.3 Å². The molecule has 4 heteroatoms. The van der Waals surface area contributed by atoms with E-state index in [0.29, 0.717) is 17.2 Å². The molecule has 1 aromatic carbocycles. The van der Waals surface area contributed by atoms with Gasteiger partial charge in [0.25, 0.3) is 0 Å².